The van der Waals surface area contributed by atoms with E-state index in [1.54, 1.807) is 13.8 Å². The molecule has 1 aliphatic rings. The van der Waals surface area contributed by atoms with Gasteiger partial charge in [-0.05, 0) is 44.4 Å². The van der Waals surface area contributed by atoms with E-state index in [2.05, 4.69) is 16.6 Å². The van der Waals surface area contributed by atoms with E-state index in [0.29, 0.717) is 6.42 Å². The Bertz CT molecular complexity index is 989. The maximum Gasteiger partial charge on any atom is 0.573 e. The number of alkyl halides is 3. The third-order valence-electron chi connectivity index (χ3n) is 5.14. The Morgan fingerprint density at radius 1 is 1.15 bits per heavy atom. The Balaban J connectivity index is 2.28. The molecule has 2 rings (SSSR count). The molecule has 33 heavy (non-hydrogen) atoms. The van der Waals surface area contributed by atoms with E-state index in [1.807, 2.05) is 0 Å². The van der Waals surface area contributed by atoms with Crippen LogP contribution in [0.15, 0.2) is 18.2 Å². The van der Waals surface area contributed by atoms with Gasteiger partial charge in [-0.2, -0.15) is 8.42 Å². The van der Waals surface area contributed by atoms with Crippen LogP contribution in [0.2, 0.25) is 0 Å². The van der Waals surface area contributed by atoms with Crippen molar-refractivity contribution < 1.29 is 45.1 Å². The van der Waals surface area contributed by atoms with Crippen LogP contribution in [0.25, 0.3) is 0 Å². The number of esters is 1. The molecule has 11 heteroatoms. The molecule has 0 aliphatic heterocycles. The summed E-state index contributed by atoms with van der Waals surface area (Å²) in [6.07, 6.45) is 0.584. The lowest BCUT2D eigenvalue weighted by atomic mass is 9.89. The fourth-order valence-electron chi connectivity index (χ4n) is 3.18. The first kappa shape index (κ1) is 26.8. The molecule has 0 heterocycles. The molecule has 0 radical (unpaired) electrons. The topological polar surface area (TPSA) is 99.1 Å². The van der Waals surface area contributed by atoms with Gasteiger partial charge in [-0.3, -0.25) is 4.55 Å². The maximum absolute atomic E-state index is 12.9. The Morgan fingerprint density at radius 2 is 1.82 bits per heavy atom. The van der Waals surface area contributed by atoms with Crippen molar-refractivity contribution in [1.29, 1.82) is 0 Å². The predicted octanol–water partition coefficient (Wildman–Crippen LogP) is 4.76. The van der Waals surface area contributed by atoms with Crippen LogP contribution in [0, 0.1) is 17.8 Å². The minimum Gasteiger partial charge on any atom is -0.471 e. The zero-order valence-electron chi connectivity index (χ0n) is 18.4. The molecular formula is C22H27F3O7S. The van der Waals surface area contributed by atoms with Crippen molar-refractivity contribution in [2.75, 3.05) is 12.4 Å². The standard InChI is InChI=1S/C22H27F3O7S/c1-3-21(2,12-11-16-7-5-4-6-8-16)31-19-15-17(9-10-18(19)32-22(23,24)25)20(26)30-13-14-33(27,28)29/h9-10,15-16H,3-8,13-14H2,1-2H3,(H,27,28,29). The summed E-state index contributed by atoms with van der Waals surface area (Å²) >= 11 is 0. The second kappa shape index (κ2) is 11.1. The van der Waals surface area contributed by atoms with E-state index < -0.39 is 46.2 Å². The number of rotatable bonds is 8. The van der Waals surface area contributed by atoms with Gasteiger partial charge in [0.05, 0.1) is 5.56 Å². The van der Waals surface area contributed by atoms with Crippen molar-refractivity contribution in [3.8, 4) is 23.3 Å². The summed E-state index contributed by atoms with van der Waals surface area (Å²) in [6.45, 7) is 2.78. The summed E-state index contributed by atoms with van der Waals surface area (Å²) in [5, 5.41) is 0. The van der Waals surface area contributed by atoms with E-state index in [1.165, 1.54) is 0 Å². The molecule has 0 aromatic heterocycles. The number of halogens is 3. The molecule has 1 N–H and O–H groups in total. The summed E-state index contributed by atoms with van der Waals surface area (Å²) in [5.74, 6) is 3.56. The lowest BCUT2D eigenvalue weighted by Crippen LogP contribution is -2.30. The highest BCUT2D eigenvalue weighted by molar-refractivity contribution is 7.85. The smallest absolute Gasteiger partial charge is 0.471 e. The maximum atomic E-state index is 12.9. The Labute approximate surface area is 191 Å². The second-order valence-corrected chi connectivity index (χ2v) is 9.49. The van der Waals surface area contributed by atoms with Gasteiger partial charge in [0.25, 0.3) is 10.1 Å². The summed E-state index contributed by atoms with van der Waals surface area (Å²) in [6, 6.07) is 2.96. The molecule has 1 aliphatic carbocycles. The highest BCUT2D eigenvalue weighted by Gasteiger charge is 2.34. The number of carbonyl (C=O) groups excluding carboxylic acids is 1. The van der Waals surface area contributed by atoms with Gasteiger partial charge in [0.1, 0.15) is 12.4 Å². The van der Waals surface area contributed by atoms with Gasteiger partial charge in [0.15, 0.2) is 17.1 Å². The van der Waals surface area contributed by atoms with Gasteiger partial charge >= 0.3 is 12.3 Å². The molecule has 1 aromatic carbocycles. The number of carbonyl (C=O) groups is 1. The van der Waals surface area contributed by atoms with Crippen LogP contribution in [-0.2, 0) is 14.9 Å². The van der Waals surface area contributed by atoms with Gasteiger partial charge in [-0.15, -0.1) is 13.2 Å². The van der Waals surface area contributed by atoms with Crippen molar-refractivity contribution in [2.24, 2.45) is 5.92 Å². The van der Waals surface area contributed by atoms with E-state index in [4.69, 9.17) is 14.0 Å². The molecule has 1 unspecified atom stereocenters. The fraction of sp³-hybridized carbons (Fsp3) is 0.591. The number of hydrogen-bond acceptors (Lipinski definition) is 6. The molecule has 0 spiro atoms. The van der Waals surface area contributed by atoms with Crippen LogP contribution < -0.4 is 9.47 Å². The average molecular weight is 493 g/mol. The predicted molar refractivity (Wildman–Crippen MR) is 113 cm³/mol. The number of ether oxygens (including phenoxy) is 3. The van der Waals surface area contributed by atoms with Crippen LogP contribution in [0.1, 0.15) is 62.7 Å². The third kappa shape index (κ3) is 9.52. The van der Waals surface area contributed by atoms with E-state index in [-0.39, 0.29) is 17.2 Å². The first-order valence-corrected chi connectivity index (χ1v) is 12.1. The molecule has 0 saturated heterocycles. The van der Waals surface area contributed by atoms with Crippen LogP contribution in [0.5, 0.6) is 11.5 Å². The van der Waals surface area contributed by atoms with Crippen molar-refractivity contribution in [1.82, 2.24) is 0 Å². The Morgan fingerprint density at radius 3 is 2.39 bits per heavy atom. The number of benzene rings is 1. The van der Waals surface area contributed by atoms with Crippen molar-refractivity contribution in [3.05, 3.63) is 23.8 Å². The van der Waals surface area contributed by atoms with Crippen molar-refractivity contribution in [2.45, 2.75) is 64.3 Å². The first-order chi connectivity index (χ1) is 15.3. The highest BCUT2D eigenvalue weighted by atomic mass is 32.2. The normalized spacial score (nSPS) is 16.8. The fourth-order valence-corrected chi connectivity index (χ4v) is 3.47. The van der Waals surface area contributed by atoms with E-state index in [0.717, 1.165) is 50.3 Å². The van der Waals surface area contributed by atoms with Gasteiger partial charge in [0.2, 0.25) is 0 Å². The van der Waals surface area contributed by atoms with Gasteiger partial charge < -0.3 is 14.2 Å². The summed E-state index contributed by atoms with van der Waals surface area (Å²) in [7, 11) is -4.34. The molecule has 1 atom stereocenters. The summed E-state index contributed by atoms with van der Waals surface area (Å²) in [4.78, 5) is 12.2. The molecular weight excluding hydrogens is 465 g/mol. The van der Waals surface area contributed by atoms with E-state index in [9.17, 15) is 26.4 Å². The minimum absolute atomic E-state index is 0.187. The monoisotopic (exact) mass is 492 g/mol. The highest BCUT2D eigenvalue weighted by Crippen LogP contribution is 2.36. The molecule has 0 amide bonds. The molecule has 7 nitrogen and oxygen atoms in total. The van der Waals surface area contributed by atoms with Crippen LogP contribution in [0.3, 0.4) is 0 Å². The van der Waals surface area contributed by atoms with Crippen molar-refractivity contribution in [3.63, 3.8) is 0 Å². The largest absolute Gasteiger partial charge is 0.573 e. The average Bonchev–Trinajstić information content (AvgIpc) is 2.72. The zero-order valence-corrected chi connectivity index (χ0v) is 19.2. The third-order valence-corrected chi connectivity index (χ3v) is 5.82. The summed E-state index contributed by atoms with van der Waals surface area (Å²) in [5.41, 5.74) is -1.33. The quantitative estimate of drug-likeness (QED) is 0.317. The second-order valence-electron chi connectivity index (χ2n) is 7.92. The van der Waals surface area contributed by atoms with Crippen LogP contribution >= 0.6 is 0 Å². The van der Waals surface area contributed by atoms with E-state index >= 15 is 0 Å². The molecule has 0 bridgehead atoms. The zero-order chi connectivity index (χ0) is 24.7. The summed E-state index contributed by atoms with van der Waals surface area (Å²) < 4.78 is 83.5. The van der Waals surface area contributed by atoms with Gasteiger partial charge in [-0.1, -0.05) is 38.0 Å². The number of hydrogen-bond donors (Lipinski definition) is 1. The van der Waals surface area contributed by atoms with Gasteiger partial charge in [-0.25, -0.2) is 4.79 Å². The molecule has 1 fully saturated rings. The molecule has 1 aromatic rings. The Kier molecular flexibility index (Phi) is 9.03. The minimum atomic E-state index is -4.99. The lowest BCUT2D eigenvalue weighted by molar-refractivity contribution is -0.275. The Hall–Kier alpha value is -2.45. The van der Waals surface area contributed by atoms with Crippen molar-refractivity contribution >= 4 is 16.1 Å². The first-order valence-electron chi connectivity index (χ1n) is 10.5. The lowest BCUT2D eigenvalue weighted by Gasteiger charge is -2.26. The molecule has 1 saturated carbocycles. The molecule has 184 valence electrons. The van der Waals surface area contributed by atoms with Crippen LogP contribution in [-0.4, -0.2) is 43.3 Å². The van der Waals surface area contributed by atoms with Crippen LogP contribution in [0.4, 0.5) is 13.2 Å². The SMILES string of the molecule is CCC(C)(C#CC1CCCCC1)Oc1cc(C(=O)OCCS(=O)(=O)O)ccc1OC(F)(F)F. The van der Waals surface area contributed by atoms with Gasteiger partial charge in [0, 0.05) is 5.92 Å².